The van der Waals surface area contributed by atoms with Crippen molar-refractivity contribution in [3.8, 4) is 0 Å². The lowest BCUT2D eigenvalue weighted by atomic mass is 10.1. The molecule has 4 heteroatoms. The molecule has 1 aliphatic rings. The molecule has 0 bridgehead atoms. The number of benzene rings is 1. The molecule has 1 heterocycles. The molecule has 3 nitrogen and oxygen atoms in total. The Hall–Kier alpha value is -1.42. The van der Waals surface area contributed by atoms with Crippen LogP contribution in [0.1, 0.15) is 12.0 Å². The maximum Gasteiger partial charge on any atom is 0.224 e. The molecular weight excluding hydrogens is 219 g/mol. The van der Waals surface area contributed by atoms with Crippen LogP contribution in [0.2, 0.25) is 0 Å². The molecule has 0 aliphatic carbocycles. The monoisotopic (exact) mass is 236 g/mol. The average Bonchev–Trinajstić information content (AvgIpc) is 2.85. The second-order valence-electron chi connectivity index (χ2n) is 4.32. The molecule has 92 valence electrons. The van der Waals surface area contributed by atoms with E-state index < -0.39 is 0 Å². The minimum absolute atomic E-state index is 0.0753. The predicted octanol–water partition coefficient (Wildman–Crippen LogP) is 1.09. The van der Waals surface area contributed by atoms with Crippen molar-refractivity contribution < 1.29 is 9.18 Å². The highest BCUT2D eigenvalue weighted by Gasteiger charge is 2.21. The Bertz CT molecular complexity index is 389. The third-order valence-electron chi connectivity index (χ3n) is 3.08. The third kappa shape index (κ3) is 3.27. The molecule has 17 heavy (non-hydrogen) atoms. The smallest absolute Gasteiger partial charge is 0.224 e. The molecule has 2 rings (SSSR count). The summed E-state index contributed by atoms with van der Waals surface area (Å²) in [6, 6.07) is 6.67. The number of hydrogen-bond donors (Lipinski definition) is 2. The van der Waals surface area contributed by atoms with Crippen LogP contribution in [0.4, 0.5) is 4.39 Å². The molecule has 1 aliphatic heterocycles. The molecule has 1 amide bonds. The van der Waals surface area contributed by atoms with Gasteiger partial charge in [-0.05, 0) is 31.0 Å². The zero-order valence-corrected chi connectivity index (χ0v) is 9.71. The zero-order chi connectivity index (χ0) is 12.1. The number of amides is 1. The van der Waals surface area contributed by atoms with E-state index in [4.69, 9.17) is 0 Å². The molecule has 1 aromatic carbocycles. The Morgan fingerprint density at radius 3 is 3.00 bits per heavy atom. The van der Waals surface area contributed by atoms with Gasteiger partial charge in [0.15, 0.2) is 0 Å². The maximum absolute atomic E-state index is 13.3. The first kappa shape index (κ1) is 12.0. The molecule has 0 spiro atoms. The van der Waals surface area contributed by atoms with E-state index in [9.17, 15) is 9.18 Å². The number of carbonyl (C=O) groups excluding carboxylic acids is 1. The Morgan fingerprint density at radius 1 is 1.47 bits per heavy atom. The van der Waals surface area contributed by atoms with E-state index in [1.165, 1.54) is 6.07 Å². The van der Waals surface area contributed by atoms with Crippen molar-refractivity contribution in [1.29, 1.82) is 0 Å². The Balaban J connectivity index is 1.76. The zero-order valence-electron chi connectivity index (χ0n) is 9.71. The second-order valence-corrected chi connectivity index (χ2v) is 4.32. The van der Waals surface area contributed by atoms with Crippen LogP contribution in [0.5, 0.6) is 0 Å². The van der Waals surface area contributed by atoms with E-state index in [0.29, 0.717) is 18.5 Å². The third-order valence-corrected chi connectivity index (χ3v) is 3.08. The molecule has 0 aromatic heterocycles. The van der Waals surface area contributed by atoms with Gasteiger partial charge in [-0.3, -0.25) is 4.79 Å². The summed E-state index contributed by atoms with van der Waals surface area (Å²) in [5.74, 6) is -0.0498. The van der Waals surface area contributed by atoms with Crippen molar-refractivity contribution in [2.24, 2.45) is 5.92 Å². The first-order valence-electron chi connectivity index (χ1n) is 5.99. The fourth-order valence-corrected chi connectivity index (χ4v) is 2.04. The number of hydrogen-bond acceptors (Lipinski definition) is 2. The lowest BCUT2D eigenvalue weighted by Gasteiger charge is -2.09. The maximum atomic E-state index is 13.3. The summed E-state index contributed by atoms with van der Waals surface area (Å²) in [5.41, 5.74) is 0.650. The lowest BCUT2D eigenvalue weighted by Crippen LogP contribution is -2.33. The predicted molar refractivity (Wildman–Crippen MR) is 64.1 cm³/mol. The van der Waals surface area contributed by atoms with Crippen LogP contribution in [-0.4, -0.2) is 25.5 Å². The molecule has 1 unspecified atom stereocenters. The Kier molecular flexibility index (Phi) is 4.09. The summed E-state index contributed by atoms with van der Waals surface area (Å²) in [6.45, 7) is 2.16. The minimum Gasteiger partial charge on any atom is -0.355 e. The summed E-state index contributed by atoms with van der Waals surface area (Å²) in [4.78, 5) is 11.7. The van der Waals surface area contributed by atoms with Gasteiger partial charge in [0.05, 0.1) is 5.92 Å². The van der Waals surface area contributed by atoms with Gasteiger partial charge in [-0.2, -0.15) is 0 Å². The van der Waals surface area contributed by atoms with Gasteiger partial charge in [0, 0.05) is 13.1 Å². The normalized spacial score (nSPS) is 19.2. The van der Waals surface area contributed by atoms with Crippen LogP contribution in [0.25, 0.3) is 0 Å². The average molecular weight is 236 g/mol. The SMILES string of the molecule is O=C(NCCc1ccccc1F)C1CCNC1. The van der Waals surface area contributed by atoms with Gasteiger partial charge in [-0.15, -0.1) is 0 Å². The highest BCUT2D eigenvalue weighted by molar-refractivity contribution is 5.79. The quantitative estimate of drug-likeness (QED) is 0.821. The molecule has 1 atom stereocenters. The van der Waals surface area contributed by atoms with Crippen molar-refractivity contribution >= 4 is 5.91 Å². The van der Waals surface area contributed by atoms with Crippen LogP contribution in [-0.2, 0) is 11.2 Å². The number of carbonyl (C=O) groups is 1. The molecule has 1 fully saturated rings. The summed E-state index contributed by atoms with van der Waals surface area (Å²) >= 11 is 0. The van der Waals surface area contributed by atoms with Gasteiger partial charge in [-0.25, -0.2) is 4.39 Å². The molecule has 0 saturated carbocycles. The van der Waals surface area contributed by atoms with Crippen molar-refractivity contribution in [3.63, 3.8) is 0 Å². The first-order chi connectivity index (χ1) is 8.27. The number of rotatable bonds is 4. The molecule has 1 saturated heterocycles. The summed E-state index contributed by atoms with van der Waals surface area (Å²) in [6.07, 6.45) is 1.43. The molecule has 2 N–H and O–H groups in total. The topological polar surface area (TPSA) is 41.1 Å². The van der Waals surface area contributed by atoms with Crippen molar-refractivity contribution in [1.82, 2.24) is 10.6 Å². The van der Waals surface area contributed by atoms with Gasteiger partial charge in [0.1, 0.15) is 5.82 Å². The first-order valence-corrected chi connectivity index (χ1v) is 5.99. The highest BCUT2D eigenvalue weighted by Crippen LogP contribution is 2.08. The lowest BCUT2D eigenvalue weighted by molar-refractivity contribution is -0.124. The number of nitrogens with one attached hydrogen (secondary N) is 2. The van der Waals surface area contributed by atoms with Crippen molar-refractivity contribution in [2.45, 2.75) is 12.8 Å². The fourth-order valence-electron chi connectivity index (χ4n) is 2.04. The van der Waals surface area contributed by atoms with Crippen molar-refractivity contribution in [3.05, 3.63) is 35.6 Å². The van der Waals surface area contributed by atoms with Crippen LogP contribution < -0.4 is 10.6 Å². The van der Waals surface area contributed by atoms with E-state index in [0.717, 1.165) is 19.5 Å². The van der Waals surface area contributed by atoms with E-state index >= 15 is 0 Å². The van der Waals surface area contributed by atoms with Gasteiger partial charge in [0.25, 0.3) is 0 Å². The summed E-state index contributed by atoms with van der Waals surface area (Å²) in [7, 11) is 0. The summed E-state index contributed by atoms with van der Waals surface area (Å²) < 4.78 is 13.3. The van der Waals surface area contributed by atoms with Gasteiger partial charge >= 0.3 is 0 Å². The van der Waals surface area contributed by atoms with Crippen LogP contribution in [0.15, 0.2) is 24.3 Å². The van der Waals surface area contributed by atoms with E-state index in [1.54, 1.807) is 18.2 Å². The van der Waals surface area contributed by atoms with E-state index in [2.05, 4.69) is 10.6 Å². The fraction of sp³-hybridized carbons (Fsp3) is 0.462. The van der Waals surface area contributed by atoms with Crippen LogP contribution in [0, 0.1) is 11.7 Å². The standard InChI is InChI=1S/C13H17FN2O/c14-12-4-2-1-3-10(12)6-8-16-13(17)11-5-7-15-9-11/h1-4,11,15H,5-9H2,(H,16,17). The van der Waals surface area contributed by atoms with Crippen LogP contribution in [0.3, 0.4) is 0 Å². The van der Waals surface area contributed by atoms with Crippen molar-refractivity contribution in [2.75, 3.05) is 19.6 Å². The van der Waals surface area contributed by atoms with E-state index in [-0.39, 0.29) is 17.6 Å². The van der Waals surface area contributed by atoms with Gasteiger partial charge in [0.2, 0.25) is 5.91 Å². The van der Waals surface area contributed by atoms with Gasteiger partial charge in [-0.1, -0.05) is 18.2 Å². The molecular formula is C13H17FN2O. The summed E-state index contributed by atoms with van der Waals surface area (Å²) in [5, 5.41) is 6.00. The van der Waals surface area contributed by atoms with E-state index in [1.807, 2.05) is 0 Å². The number of halogens is 1. The largest absolute Gasteiger partial charge is 0.355 e. The molecule has 0 radical (unpaired) electrons. The minimum atomic E-state index is -0.204. The van der Waals surface area contributed by atoms with Crippen LogP contribution >= 0.6 is 0 Å². The van der Waals surface area contributed by atoms with Gasteiger partial charge < -0.3 is 10.6 Å². The second kappa shape index (κ2) is 5.77. The Labute approximate surface area is 100 Å². The highest BCUT2D eigenvalue weighted by atomic mass is 19.1. The Morgan fingerprint density at radius 2 is 2.29 bits per heavy atom. The molecule has 1 aromatic rings.